The minimum absolute atomic E-state index is 0.150. The van der Waals surface area contributed by atoms with Crippen LogP contribution < -0.4 is 10.7 Å². The molecule has 0 bridgehead atoms. The van der Waals surface area contributed by atoms with Crippen LogP contribution in [0.3, 0.4) is 0 Å². The van der Waals surface area contributed by atoms with E-state index in [0.717, 1.165) is 29.8 Å². The van der Waals surface area contributed by atoms with E-state index in [4.69, 9.17) is 4.42 Å². The molecular weight excluding hydrogens is 398 g/mol. The minimum Gasteiger partial charge on any atom is -0.455 e. The van der Waals surface area contributed by atoms with Crippen molar-refractivity contribution in [2.45, 2.75) is 33.1 Å². The number of carbonyl (C=O) groups is 1. The van der Waals surface area contributed by atoms with Crippen LogP contribution in [-0.4, -0.2) is 16.1 Å². The van der Waals surface area contributed by atoms with E-state index in [2.05, 4.69) is 22.4 Å². The summed E-state index contributed by atoms with van der Waals surface area (Å²) in [4.78, 5) is 25.9. The van der Waals surface area contributed by atoms with Crippen molar-refractivity contribution in [3.63, 3.8) is 0 Å². The fraction of sp³-hybridized carbons (Fsp3) is 0.217. The minimum atomic E-state index is -0.384. The molecule has 1 amide bonds. The van der Waals surface area contributed by atoms with Crippen LogP contribution in [0, 0.1) is 6.92 Å². The second kappa shape index (κ2) is 8.59. The molecule has 30 heavy (non-hydrogen) atoms. The average Bonchev–Trinajstić information content (AvgIpc) is 3.22. The van der Waals surface area contributed by atoms with Crippen molar-refractivity contribution >= 4 is 33.3 Å². The van der Waals surface area contributed by atoms with Gasteiger partial charge in [0.15, 0.2) is 11.0 Å². The van der Waals surface area contributed by atoms with Crippen LogP contribution in [0.5, 0.6) is 0 Å². The van der Waals surface area contributed by atoms with E-state index >= 15 is 0 Å². The normalized spacial score (nSPS) is 11.0. The Hall–Kier alpha value is -3.32. The Balaban J connectivity index is 1.74. The summed E-state index contributed by atoms with van der Waals surface area (Å²) >= 11 is 1.36. The number of aromatic nitrogens is 2. The summed E-state index contributed by atoms with van der Waals surface area (Å²) in [5.74, 6) is 0.0796. The van der Waals surface area contributed by atoms with Gasteiger partial charge < -0.3 is 4.42 Å². The summed E-state index contributed by atoms with van der Waals surface area (Å²) in [6.45, 7) is 3.85. The van der Waals surface area contributed by atoms with Gasteiger partial charge in [-0.05, 0) is 25.5 Å². The number of nitrogens with one attached hydrogen (secondary N) is 1. The molecule has 0 saturated carbocycles. The maximum absolute atomic E-state index is 13.0. The SMILES string of the molecule is CCCCc1nnc(NC(=O)c2cccc3c(=O)c(C)c(-c4ccccc4)oc23)s1. The Morgan fingerprint density at radius 3 is 2.67 bits per heavy atom. The lowest BCUT2D eigenvalue weighted by Gasteiger charge is -2.10. The number of aryl methyl sites for hydroxylation is 1. The van der Waals surface area contributed by atoms with Gasteiger partial charge in [-0.3, -0.25) is 14.9 Å². The Morgan fingerprint density at radius 1 is 1.10 bits per heavy atom. The van der Waals surface area contributed by atoms with Gasteiger partial charge in [-0.1, -0.05) is 61.1 Å². The van der Waals surface area contributed by atoms with Gasteiger partial charge in [0.05, 0.1) is 10.9 Å². The van der Waals surface area contributed by atoms with Crippen molar-refractivity contribution in [2.75, 3.05) is 5.32 Å². The second-order valence-electron chi connectivity index (χ2n) is 6.99. The molecule has 2 heterocycles. The van der Waals surface area contributed by atoms with Gasteiger partial charge in [0, 0.05) is 17.5 Å². The van der Waals surface area contributed by atoms with E-state index in [1.807, 2.05) is 30.3 Å². The third-order valence-corrected chi connectivity index (χ3v) is 5.76. The maximum Gasteiger partial charge on any atom is 0.261 e. The van der Waals surface area contributed by atoms with Crippen LogP contribution in [0.25, 0.3) is 22.3 Å². The first kappa shape index (κ1) is 20.0. The van der Waals surface area contributed by atoms with E-state index in [0.29, 0.717) is 21.8 Å². The molecule has 0 atom stereocenters. The van der Waals surface area contributed by atoms with E-state index in [9.17, 15) is 9.59 Å². The summed E-state index contributed by atoms with van der Waals surface area (Å²) < 4.78 is 6.11. The highest BCUT2D eigenvalue weighted by molar-refractivity contribution is 7.15. The van der Waals surface area contributed by atoms with Crippen LogP contribution in [0.4, 0.5) is 5.13 Å². The molecule has 0 radical (unpaired) electrons. The van der Waals surface area contributed by atoms with E-state index in [-0.39, 0.29) is 22.5 Å². The van der Waals surface area contributed by atoms with Crippen molar-refractivity contribution in [2.24, 2.45) is 0 Å². The number of amides is 1. The molecule has 0 aliphatic rings. The number of carbonyl (C=O) groups excluding carboxylic acids is 1. The molecule has 4 aromatic rings. The molecule has 0 saturated heterocycles. The third-order valence-electron chi connectivity index (χ3n) is 4.86. The van der Waals surface area contributed by atoms with Crippen LogP contribution in [0.2, 0.25) is 0 Å². The molecule has 0 unspecified atom stereocenters. The zero-order chi connectivity index (χ0) is 21.1. The molecule has 6 nitrogen and oxygen atoms in total. The quantitative estimate of drug-likeness (QED) is 0.463. The van der Waals surface area contributed by atoms with Crippen LogP contribution in [0.15, 0.2) is 57.7 Å². The lowest BCUT2D eigenvalue weighted by molar-refractivity contribution is 0.102. The standard InChI is InChI=1S/C23H21N3O3S/c1-3-4-13-18-25-26-23(30-18)24-22(28)17-12-8-11-16-19(27)14(2)20(29-21(16)17)15-9-6-5-7-10-15/h5-12H,3-4,13H2,1-2H3,(H,24,26,28). The predicted molar refractivity (Wildman–Crippen MR) is 119 cm³/mol. The molecule has 0 fully saturated rings. The Labute approximate surface area is 177 Å². The van der Waals surface area contributed by atoms with Crippen molar-refractivity contribution < 1.29 is 9.21 Å². The van der Waals surface area contributed by atoms with Crippen molar-refractivity contribution in [1.82, 2.24) is 10.2 Å². The molecule has 2 aromatic heterocycles. The Kier molecular flexibility index (Phi) is 5.72. The molecule has 4 rings (SSSR count). The highest BCUT2D eigenvalue weighted by Crippen LogP contribution is 2.28. The molecule has 152 valence electrons. The lowest BCUT2D eigenvalue weighted by atomic mass is 10.0. The Morgan fingerprint density at radius 2 is 1.90 bits per heavy atom. The number of hydrogen-bond donors (Lipinski definition) is 1. The van der Waals surface area contributed by atoms with Gasteiger partial charge in [0.25, 0.3) is 5.91 Å². The fourth-order valence-corrected chi connectivity index (χ4v) is 4.03. The topological polar surface area (TPSA) is 85.1 Å². The van der Waals surface area contributed by atoms with Gasteiger partial charge in [-0.2, -0.15) is 0 Å². The highest BCUT2D eigenvalue weighted by atomic mass is 32.1. The molecule has 7 heteroatoms. The van der Waals surface area contributed by atoms with Gasteiger partial charge in [-0.15, -0.1) is 10.2 Å². The van der Waals surface area contributed by atoms with E-state index in [1.165, 1.54) is 11.3 Å². The van der Waals surface area contributed by atoms with Gasteiger partial charge in [-0.25, -0.2) is 0 Å². The van der Waals surface area contributed by atoms with Crippen molar-refractivity contribution in [1.29, 1.82) is 0 Å². The van der Waals surface area contributed by atoms with Gasteiger partial charge in [0.1, 0.15) is 10.8 Å². The van der Waals surface area contributed by atoms with Crippen LogP contribution in [-0.2, 0) is 6.42 Å². The zero-order valence-corrected chi connectivity index (χ0v) is 17.6. The number of hydrogen-bond acceptors (Lipinski definition) is 6. The molecular formula is C23H21N3O3S. The summed E-state index contributed by atoms with van der Waals surface area (Å²) in [6, 6.07) is 14.4. The number of para-hydroxylation sites is 1. The monoisotopic (exact) mass is 419 g/mol. The second-order valence-corrected chi connectivity index (χ2v) is 8.05. The van der Waals surface area contributed by atoms with E-state index in [1.54, 1.807) is 25.1 Å². The largest absolute Gasteiger partial charge is 0.455 e. The number of unbranched alkanes of at least 4 members (excludes halogenated alkanes) is 1. The molecule has 0 aliphatic carbocycles. The molecule has 0 aliphatic heterocycles. The Bertz CT molecular complexity index is 1260. The summed E-state index contributed by atoms with van der Waals surface area (Å²) in [7, 11) is 0. The predicted octanol–water partition coefficient (Wildman–Crippen LogP) is 5.21. The highest BCUT2D eigenvalue weighted by Gasteiger charge is 2.19. The lowest BCUT2D eigenvalue weighted by Crippen LogP contribution is -2.14. The number of rotatable bonds is 6. The first-order chi connectivity index (χ1) is 14.6. The third kappa shape index (κ3) is 3.89. The van der Waals surface area contributed by atoms with Crippen molar-refractivity contribution in [3.8, 4) is 11.3 Å². The molecule has 1 N–H and O–H groups in total. The molecule has 0 spiro atoms. The van der Waals surface area contributed by atoms with Crippen LogP contribution in [0.1, 0.15) is 40.7 Å². The van der Waals surface area contributed by atoms with Gasteiger partial charge >= 0.3 is 0 Å². The summed E-state index contributed by atoms with van der Waals surface area (Å²) in [5.41, 5.74) is 1.69. The summed E-state index contributed by atoms with van der Waals surface area (Å²) in [5, 5.41) is 12.7. The number of fused-ring (bicyclic) bond motifs is 1. The average molecular weight is 420 g/mol. The number of nitrogens with zero attached hydrogens (tertiary/aromatic N) is 2. The maximum atomic E-state index is 13.0. The number of anilines is 1. The summed E-state index contributed by atoms with van der Waals surface area (Å²) in [6.07, 6.45) is 2.94. The fourth-order valence-electron chi connectivity index (χ4n) is 3.25. The van der Waals surface area contributed by atoms with E-state index < -0.39 is 0 Å². The number of benzene rings is 2. The first-order valence-corrected chi connectivity index (χ1v) is 10.7. The van der Waals surface area contributed by atoms with Gasteiger partial charge in [0.2, 0.25) is 5.13 Å². The zero-order valence-electron chi connectivity index (χ0n) is 16.8. The first-order valence-electron chi connectivity index (χ1n) is 9.84. The van der Waals surface area contributed by atoms with Crippen LogP contribution >= 0.6 is 11.3 Å². The molecule has 2 aromatic carbocycles. The smallest absolute Gasteiger partial charge is 0.261 e. The van der Waals surface area contributed by atoms with Crippen molar-refractivity contribution in [3.05, 3.63) is 74.9 Å².